The van der Waals surface area contributed by atoms with Crippen LogP contribution in [0.2, 0.25) is 0 Å². The first-order valence-electron chi connectivity index (χ1n) is 7.76. The summed E-state index contributed by atoms with van der Waals surface area (Å²) in [6.45, 7) is 0. The first-order valence-corrected chi connectivity index (χ1v) is 8.75. The van der Waals surface area contributed by atoms with Crippen molar-refractivity contribution in [2.45, 2.75) is 10.9 Å². The van der Waals surface area contributed by atoms with E-state index in [1.165, 1.54) is 18.3 Å². The largest absolute Gasteiger partial charge is 0.312 e. The molecule has 0 bridgehead atoms. The average molecular weight is 369 g/mol. The minimum absolute atomic E-state index is 0.329. The Morgan fingerprint density at radius 1 is 1.31 bits per heavy atom. The summed E-state index contributed by atoms with van der Waals surface area (Å²) in [5.74, 6) is 0.0480. The zero-order chi connectivity index (χ0) is 18.4. The van der Waals surface area contributed by atoms with Gasteiger partial charge in [-0.25, -0.2) is 9.82 Å². The van der Waals surface area contributed by atoms with E-state index in [4.69, 9.17) is 0 Å². The molecule has 6 nitrogen and oxygen atoms in total. The lowest BCUT2D eigenvalue weighted by molar-refractivity contribution is 0.0955. The molecule has 0 radical (unpaired) electrons. The molecule has 3 aromatic rings. The maximum Gasteiger partial charge on any atom is 0.271 e. The van der Waals surface area contributed by atoms with Crippen molar-refractivity contribution in [3.63, 3.8) is 0 Å². The van der Waals surface area contributed by atoms with Gasteiger partial charge in [0, 0.05) is 18.4 Å². The maximum atomic E-state index is 13.1. The summed E-state index contributed by atoms with van der Waals surface area (Å²) in [7, 11) is 1.89. The average Bonchev–Trinajstić information content (AvgIpc) is 3.05. The molecule has 1 aromatic heterocycles. The number of hydrogen-bond acceptors (Lipinski definition) is 5. The molecule has 0 unspecified atom stereocenters. The first kappa shape index (κ1) is 17.8. The van der Waals surface area contributed by atoms with Gasteiger partial charge in [-0.1, -0.05) is 36.0 Å². The van der Waals surface area contributed by atoms with Gasteiger partial charge in [0.1, 0.15) is 12.1 Å². The van der Waals surface area contributed by atoms with Crippen molar-refractivity contribution in [2.24, 2.45) is 12.1 Å². The third-order valence-electron chi connectivity index (χ3n) is 3.48. The zero-order valence-electron chi connectivity index (χ0n) is 14.0. The molecule has 0 spiro atoms. The number of rotatable bonds is 6. The van der Waals surface area contributed by atoms with Crippen LogP contribution in [0.25, 0.3) is 0 Å². The Balaban J connectivity index is 1.54. The number of amides is 1. The number of halogens is 1. The number of hydrazone groups is 1. The van der Waals surface area contributed by atoms with Gasteiger partial charge in [0.25, 0.3) is 5.91 Å². The molecule has 1 N–H and O–H groups in total. The van der Waals surface area contributed by atoms with E-state index in [2.05, 4.69) is 20.7 Å². The third kappa shape index (κ3) is 4.76. The fourth-order valence-corrected chi connectivity index (χ4v) is 2.96. The zero-order valence-corrected chi connectivity index (χ0v) is 14.8. The van der Waals surface area contributed by atoms with Crippen molar-refractivity contribution < 1.29 is 9.18 Å². The highest BCUT2D eigenvalue weighted by atomic mass is 32.2. The summed E-state index contributed by atoms with van der Waals surface area (Å²) in [5, 5.41) is 12.5. The number of nitrogens with zero attached hydrogens (tertiary/aromatic N) is 4. The van der Waals surface area contributed by atoms with Gasteiger partial charge in [0.2, 0.25) is 0 Å². The van der Waals surface area contributed by atoms with Gasteiger partial charge in [0.05, 0.1) is 6.21 Å². The highest BCUT2D eigenvalue weighted by Crippen LogP contribution is 2.20. The van der Waals surface area contributed by atoms with Crippen LogP contribution in [0.4, 0.5) is 4.39 Å². The number of aryl methyl sites for hydroxylation is 1. The number of aromatic nitrogens is 3. The Morgan fingerprint density at radius 3 is 2.81 bits per heavy atom. The van der Waals surface area contributed by atoms with Crippen LogP contribution in [0, 0.1) is 5.82 Å². The van der Waals surface area contributed by atoms with Crippen LogP contribution in [-0.4, -0.2) is 26.9 Å². The lowest BCUT2D eigenvalue weighted by atomic mass is 10.1. The van der Waals surface area contributed by atoms with Crippen molar-refractivity contribution >= 4 is 23.9 Å². The molecule has 0 aliphatic carbocycles. The van der Waals surface area contributed by atoms with Crippen LogP contribution in [-0.2, 0) is 12.8 Å². The second kappa shape index (κ2) is 8.39. The molecule has 8 heteroatoms. The Labute approximate surface area is 154 Å². The molecule has 1 amide bonds. The molecule has 0 aliphatic rings. The highest BCUT2D eigenvalue weighted by molar-refractivity contribution is 7.98. The first-order chi connectivity index (χ1) is 12.6. The molecule has 0 saturated carbocycles. The smallest absolute Gasteiger partial charge is 0.271 e. The molecule has 0 fully saturated rings. The SMILES string of the molecule is Cn1cnnc1SCc1ccc(C(=O)N/N=C\c2cccc(F)c2)cc1. The second-order valence-corrected chi connectivity index (χ2v) is 6.41. The van der Waals surface area contributed by atoms with E-state index < -0.39 is 0 Å². The van der Waals surface area contributed by atoms with Gasteiger partial charge in [0.15, 0.2) is 5.16 Å². The number of nitrogens with one attached hydrogen (secondary N) is 1. The van der Waals surface area contributed by atoms with Crippen molar-refractivity contribution in [1.29, 1.82) is 0 Å². The van der Waals surface area contributed by atoms with E-state index in [9.17, 15) is 9.18 Å². The molecule has 26 heavy (non-hydrogen) atoms. The molecule has 0 saturated heterocycles. The summed E-state index contributed by atoms with van der Waals surface area (Å²) in [4.78, 5) is 12.1. The lowest BCUT2D eigenvalue weighted by Gasteiger charge is -2.03. The number of carbonyl (C=O) groups excluding carboxylic acids is 1. The summed E-state index contributed by atoms with van der Waals surface area (Å²) < 4.78 is 14.9. The van der Waals surface area contributed by atoms with Crippen molar-refractivity contribution in [2.75, 3.05) is 0 Å². The normalized spacial score (nSPS) is 11.0. The third-order valence-corrected chi connectivity index (χ3v) is 4.59. The van der Waals surface area contributed by atoms with Crippen LogP contribution in [0.1, 0.15) is 21.5 Å². The topological polar surface area (TPSA) is 72.2 Å². The number of carbonyl (C=O) groups is 1. The highest BCUT2D eigenvalue weighted by Gasteiger charge is 2.06. The molecular formula is C18H16FN5OS. The van der Waals surface area contributed by atoms with Crippen LogP contribution in [0.5, 0.6) is 0 Å². The minimum atomic E-state index is -0.352. The minimum Gasteiger partial charge on any atom is -0.312 e. The molecule has 1 heterocycles. The Kier molecular flexibility index (Phi) is 5.75. The van der Waals surface area contributed by atoms with E-state index in [0.29, 0.717) is 11.1 Å². The Bertz CT molecular complexity index is 923. The monoisotopic (exact) mass is 369 g/mol. The summed E-state index contributed by atoms with van der Waals surface area (Å²) in [6, 6.07) is 13.2. The fraction of sp³-hybridized carbons (Fsp3) is 0.111. The van der Waals surface area contributed by atoms with Crippen LogP contribution >= 0.6 is 11.8 Å². The maximum absolute atomic E-state index is 13.1. The van der Waals surface area contributed by atoms with E-state index in [0.717, 1.165) is 16.5 Å². The van der Waals surface area contributed by atoms with Gasteiger partial charge in [-0.3, -0.25) is 4.79 Å². The second-order valence-electron chi connectivity index (χ2n) is 5.46. The van der Waals surface area contributed by atoms with Crippen molar-refractivity contribution in [1.82, 2.24) is 20.2 Å². The fourth-order valence-electron chi connectivity index (χ4n) is 2.12. The van der Waals surface area contributed by atoms with Gasteiger partial charge in [-0.15, -0.1) is 10.2 Å². The number of thioether (sulfide) groups is 1. The molecule has 2 aromatic carbocycles. The number of hydrogen-bond donors (Lipinski definition) is 1. The predicted octanol–water partition coefficient (Wildman–Crippen LogP) is 3.01. The Hall–Kier alpha value is -3.00. The van der Waals surface area contributed by atoms with Gasteiger partial charge in [-0.05, 0) is 35.4 Å². The molecule has 132 valence electrons. The summed E-state index contributed by atoms with van der Waals surface area (Å²) >= 11 is 1.57. The van der Waals surface area contributed by atoms with Crippen LogP contribution in [0.3, 0.4) is 0 Å². The summed E-state index contributed by atoms with van der Waals surface area (Å²) in [6.07, 6.45) is 3.05. The molecule has 0 aliphatic heterocycles. The Morgan fingerprint density at radius 2 is 2.12 bits per heavy atom. The van der Waals surface area contributed by atoms with Gasteiger partial charge < -0.3 is 4.57 Å². The number of benzene rings is 2. The molecule has 0 atom stereocenters. The van der Waals surface area contributed by atoms with Crippen molar-refractivity contribution in [3.8, 4) is 0 Å². The predicted molar refractivity (Wildman–Crippen MR) is 98.5 cm³/mol. The van der Waals surface area contributed by atoms with E-state index in [1.807, 2.05) is 23.7 Å². The van der Waals surface area contributed by atoms with Crippen molar-refractivity contribution in [3.05, 3.63) is 77.4 Å². The van der Waals surface area contributed by atoms with Crippen LogP contribution < -0.4 is 5.43 Å². The summed E-state index contributed by atoms with van der Waals surface area (Å²) in [5.41, 5.74) is 4.56. The molecular weight excluding hydrogens is 353 g/mol. The van der Waals surface area contributed by atoms with E-state index in [1.54, 1.807) is 42.4 Å². The standard InChI is InChI=1S/C18H16FN5OS/c1-24-12-21-23-18(24)26-11-13-5-7-15(8-6-13)17(25)22-20-10-14-3-2-4-16(19)9-14/h2-10,12H,11H2,1H3,(H,22,25)/b20-10-. The van der Waals surface area contributed by atoms with Crippen LogP contribution in [0.15, 0.2) is 65.1 Å². The quantitative estimate of drug-likeness (QED) is 0.412. The van der Waals surface area contributed by atoms with E-state index in [-0.39, 0.29) is 11.7 Å². The lowest BCUT2D eigenvalue weighted by Crippen LogP contribution is -2.17. The van der Waals surface area contributed by atoms with Gasteiger partial charge >= 0.3 is 0 Å². The molecule has 3 rings (SSSR count). The van der Waals surface area contributed by atoms with Gasteiger partial charge in [-0.2, -0.15) is 5.10 Å². The van der Waals surface area contributed by atoms with E-state index >= 15 is 0 Å².